The summed E-state index contributed by atoms with van der Waals surface area (Å²) in [4.78, 5) is 0. The highest BCUT2D eigenvalue weighted by Crippen LogP contribution is 2.49. The van der Waals surface area contributed by atoms with Crippen molar-refractivity contribution in [1.82, 2.24) is 10.2 Å². The molecule has 0 spiro atoms. The van der Waals surface area contributed by atoms with Crippen LogP contribution < -0.4 is 5.73 Å². The van der Waals surface area contributed by atoms with Crippen molar-refractivity contribution in [2.45, 2.75) is 25.2 Å². The minimum absolute atomic E-state index is 0.360. The Morgan fingerprint density at radius 3 is 2.93 bits per heavy atom. The topological polar surface area (TPSA) is 54.7 Å². The van der Waals surface area contributed by atoms with Crippen molar-refractivity contribution in [3.05, 3.63) is 23.8 Å². The second kappa shape index (κ2) is 2.29. The first-order valence-electron chi connectivity index (χ1n) is 4.94. The van der Waals surface area contributed by atoms with Gasteiger partial charge in [-0.1, -0.05) is 19.1 Å². The maximum atomic E-state index is 5.77. The van der Waals surface area contributed by atoms with Crippen LogP contribution in [0.25, 0.3) is 10.9 Å². The summed E-state index contributed by atoms with van der Waals surface area (Å²) in [6.07, 6.45) is 2.54. The Balaban J connectivity index is 2.34. The van der Waals surface area contributed by atoms with Crippen LogP contribution in [0.15, 0.2) is 18.2 Å². The van der Waals surface area contributed by atoms with Crippen molar-refractivity contribution >= 4 is 16.7 Å². The number of aromatic amines is 1. The van der Waals surface area contributed by atoms with Crippen LogP contribution in [0.4, 0.5) is 5.82 Å². The highest BCUT2D eigenvalue weighted by Gasteiger charge is 2.40. The number of nitrogens with zero attached hydrogens (tertiary/aromatic N) is 1. The normalized spacial score (nSPS) is 18.6. The third-order valence-corrected chi connectivity index (χ3v) is 3.28. The average molecular weight is 187 g/mol. The molecule has 1 saturated carbocycles. The number of hydrogen-bond donors (Lipinski definition) is 2. The van der Waals surface area contributed by atoms with E-state index in [-0.39, 0.29) is 0 Å². The quantitative estimate of drug-likeness (QED) is 0.719. The number of fused-ring (bicyclic) bond motifs is 1. The first kappa shape index (κ1) is 7.85. The van der Waals surface area contributed by atoms with Crippen LogP contribution in [0.1, 0.15) is 25.3 Å². The fourth-order valence-corrected chi connectivity index (χ4v) is 2.02. The van der Waals surface area contributed by atoms with Crippen LogP contribution >= 0.6 is 0 Å². The monoisotopic (exact) mass is 187 g/mol. The van der Waals surface area contributed by atoms with E-state index in [0.717, 1.165) is 10.9 Å². The zero-order valence-corrected chi connectivity index (χ0v) is 8.17. The van der Waals surface area contributed by atoms with E-state index in [4.69, 9.17) is 5.73 Å². The zero-order chi connectivity index (χ0) is 9.76. The van der Waals surface area contributed by atoms with Crippen LogP contribution in [0.2, 0.25) is 0 Å². The molecule has 1 aliphatic carbocycles. The van der Waals surface area contributed by atoms with Crippen molar-refractivity contribution in [1.29, 1.82) is 0 Å². The van der Waals surface area contributed by atoms with Crippen LogP contribution in [-0.4, -0.2) is 10.2 Å². The SMILES string of the molecule is CC1(c2cccc3c(N)n[nH]c23)CC1. The van der Waals surface area contributed by atoms with E-state index in [2.05, 4.69) is 29.3 Å². The predicted octanol–water partition coefficient (Wildman–Crippen LogP) is 2.20. The second-order valence-electron chi connectivity index (χ2n) is 4.40. The van der Waals surface area contributed by atoms with Crippen molar-refractivity contribution < 1.29 is 0 Å². The van der Waals surface area contributed by atoms with Gasteiger partial charge in [-0.3, -0.25) is 5.10 Å². The molecule has 1 aliphatic rings. The first-order valence-corrected chi connectivity index (χ1v) is 4.94. The third-order valence-electron chi connectivity index (χ3n) is 3.28. The Hall–Kier alpha value is -1.51. The molecule has 3 heteroatoms. The number of H-pyrrole nitrogens is 1. The molecular weight excluding hydrogens is 174 g/mol. The maximum absolute atomic E-state index is 5.77. The molecular formula is C11H13N3. The highest BCUT2D eigenvalue weighted by molar-refractivity contribution is 5.91. The molecule has 3 nitrogen and oxygen atoms in total. The number of para-hydroxylation sites is 1. The molecule has 2 aromatic rings. The molecule has 0 unspecified atom stereocenters. The summed E-state index contributed by atoms with van der Waals surface area (Å²) in [7, 11) is 0. The van der Waals surface area contributed by atoms with Gasteiger partial charge in [0.15, 0.2) is 5.82 Å². The standard InChI is InChI=1S/C11H13N3/c1-11(5-6-11)8-4-2-3-7-9(8)13-14-10(7)12/h2-4H,5-6H2,1H3,(H3,12,13,14). The molecule has 0 amide bonds. The van der Waals surface area contributed by atoms with Gasteiger partial charge in [0, 0.05) is 5.39 Å². The number of hydrogen-bond acceptors (Lipinski definition) is 2. The fraction of sp³-hybridized carbons (Fsp3) is 0.364. The Labute approximate surface area is 82.3 Å². The summed E-state index contributed by atoms with van der Waals surface area (Å²) in [5, 5.41) is 8.13. The molecule has 1 aromatic heterocycles. The molecule has 14 heavy (non-hydrogen) atoms. The lowest BCUT2D eigenvalue weighted by Crippen LogP contribution is -2.00. The van der Waals surface area contributed by atoms with Gasteiger partial charge < -0.3 is 5.73 Å². The van der Waals surface area contributed by atoms with E-state index < -0.39 is 0 Å². The van der Waals surface area contributed by atoms with E-state index in [9.17, 15) is 0 Å². The van der Waals surface area contributed by atoms with Crippen molar-refractivity contribution in [2.24, 2.45) is 0 Å². The van der Waals surface area contributed by atoms with E-state index in [1.165, 1.54) is 18.4 Å². The Morgan fingerprint density at radius 2 is 2.21 bits per heavy atom. The molecule has 0 bridgehead atoms. The first-order chi connectivity index (χ1) is 6.71. The number of nitrogen functional groups attached to an aromatic ring is 1. The van der Waals surface area contributed by atoms with Crippen molar-refractivity contribution in [3.63, 3.8) is 0 Å². The zero-order valence-electron chi connectivity index (χ0n) is 8.17. The Bertz CT molecular complexity index is 494. The number of rotatable bonds is 1. The summed E-state index contributed by atoms with van der Waals surface area (Å²) >= 11 is 0. The van der Waals surface area contributed by atoms with Crippen molar-refractivity contribution in [3.8, 4) is 0 Å². The third kappa shape index (κ3) is 0.895. The van der Waals surface area contributed by atoms with Gasteiger partial charge in [-0.15, -0.1) is 0 Å². The van der Waals surface area contributed by atoms with Gasteiger partial charge in [0.25, 0.3) is 0 Å². The van der Waals surface area contributed by atoms with Gasteiger partial charge >= 0.3 is 0 Å². The summed E-state index contributed by atoms with van der Waals surface area (Å²) in [6, 6.07) is 6.25. The fourth-order valence-electron chi connectivity index (χ4n) is 2.02. The lowest BCUT2D eigenvalue weighted by molar-refractivity contribution is 0.793. The molecule has 1 heterocycles. The summed E-state index contributed by atoms with van der Waals surface area (Å²) in [5.74, 6) is 0.603. The second-order valence-corrected chi connectivity index (χ2v) is 4.40. The van der Waals surface area contributed by atoms with Crippen molar-refractivity contribution in [2.75, 3.05) is 5.73 Å². The van der Waals surface area contributed by atoms with Gasteiger partial charge in [-0.2, -0.15) is 5.10 Å². The molecule has 1 fully saturated rings. The Morgan fingerprint density at radius 1 is 1.43 bits per heavy atom. The Kier molecular flexibility index (Phi) is 1.29. The summed E-state index contributed by atoms with van der Waals surface area (Å²) in [5.41, 5.74) is 8.60. The van der Waals surface area contributed by atoms with E-state index >= 15 is 0 Å². The number of benzene rings is 1. The molecule has 0 atom stereocenters. The number of aromatic nitrogens is 2. The minimum atomic E-state index is 0.360. The average Bonchev–Trinajstić information content (AvgIpc) is 2.83. The van der Waals surface area contributed by atoms with Gasteiger partial charge in [0.2, 0.25) is 0 Å². The van der Waals surface area contributed by atoms with E-state index in [1.807, 2.05) is 6.07 Å². The molecule has 0 radical (unpaired) electrons. The molecule has 3 rings (SSSR count). The summed E-state index contributed by atoms with van der Waals surface area (Å²) in [6.45, 7) is 2.29. The van der Waals surface area contributed by atoms with Gasteiger partial charge in [-0.25, -0.2) is 0 Å². The van der Waals surface area contributed by atoms with Crippen LogP contribution in [0.3, 0.4) is 0 Å². The van der Waals surface area contributed by atoms with Crippen LogP contribution in [-0.2, 0) is 5.41 Å². The maximum Gasteiger partial charge on any atom is 0.153 e. The number of anilines is 1. The lowest BCUT2D eigenvalue weighted by Gasteiger charge is -2.09. The molecule has 0 aliphatic heterocycles. The van der Waals surface area contributed by atoms with Gasteiger partial charge in [-0.05, 0) is 29.9 Å². The lowest BCUT2D eigenvalue weighted by atomic mass is 9.96. The predicted molar refractivity (Wildman–Crippen MR) is 57.1 cm³/mol. The van der Waals surface area contributed by atoms with Gasteiger partial charge in [0.05, 0.1) is 5.52 Å². The molecule has 3 N–H and O–H groups in total. The number of nitrogens with two attached hydrogens (primary N) is 1. The smallest absolute Gasteiger partial charge is 0.153 e. The molecule has 72 valence electrons. The largest absolute Gasteiger partial charge is 0.382 e. The molecule has 0 saturated heterocycles. The van der Waals surface area contributed by atoms with E-state index in [1.54, 1.807) is 0 Å². The van der Waals surface area contributed by atoms with Crippen LogP contribution in [0.5, 0.6) is 0 Å². The number of nitrogens with one attached hydrogen (secondary N) is 1. The minimum Gasteiger partial charge on any atom is -0.382 e. The molecule has 1 aromatic carbocycles. The van der Waals surface area contributed by atoms with E-state index in [0.29, 0.717) is 11.2 Å². The summed E-state index contributed by atoms with van der Waals surface area (Å²) < 4.78 is 0. The van der Waals surface area contributed by atoms with Crippen LogP contribution in [0, 0.1) is 0 Å². The highest BCUT2D eigenvalue weighted by atomic mass is 15.2. The van der Waals surface area contributed by atoms with Gasteiger partial charge in [0.1, 0.15) is 0 Å².